The Morgan fingerprint density at radius 1 is 1.38 bits per heavy atom. The fraction of sp³-hybridized carbons (Fsp3) is 0.571. The maximum atomic E-state index is 5.81. The Balaban J connectivity index is 2.30. The molecule has 1 aliphatic rings. The van der Waals surface area contributed by atoms with Gasteiger partial charge in [-0.3, -0.25) is 0 Å². The zero-order valence-electron chi connectivity index (χ0n) is 10.6. The van der Waals surface area contributed by atoms with Crippen LogP contribution in [-0.4, -0.2) is 13.1 Å². The van der Waals surface area contributed by atoms with Gasteiger partial charge in [0.2, 0.25) is 0 Å². The second kappa shape index (κ2) is 4.10. The van der Waals surface area contributed by atoms with Gasteiger partial charge in [0.1, 0.15) is 0 Å². The van der Waals surface area contributed by atoms with Crippen LogP contribution in [0.1, 0.15) is 31.4 Å². The molecule has 2 heteroatoms. The van der Waals surface area contributed by atoms with Crippen molar-refractivity contribution in [2.24, 2.45) is 11.1 Å². The van der Waals surface area contributed by atoms with Crippen molar-refractivity contribution in [2.75, 3.05) is 18.0 Å². The first kappa shape index (κ1) is 11.5. The molecule has 88 valence electrons. The van der Waals surface area contributed by atoms with Gasteiger partial charge in [-0.1, -0.05) is 26.0 Å². The van der Waals surface area contributed by atoms with E-state index in [4.69, 9.17) is 5.73 Å². The summed E-state index contributed by atoms with van der Waals surface area (Å²) in [6.07, 6.45) is 1.27. The minimum atomic E-state index is 0.440. The Morgan fingerprint density at radius 3 is 2.69 bits per heavy atom. The second-order valence-electron chi connectivity index (χ2n) is 5.67. The van der Waals surface area contributed by atoms with Crippen molar-refractivity contribution in [2.45, 2.75) is 33.7 Å². The van der Waals surface area contributed by atoms with Crippen LogP contribution in [0.2, 0.25) is 0 Å². The molecule has 0 amide bonds. The van der Waals surface area contributed by atoms with E-state index in [0.29, 0.717) is 12.0 Å². The van der Waals surface area contributed by atoms with Crippen LogP contribution in [0.4, 0.5) is 5.69 Å². The average Bonchev–Trinajstić information content (AvgIpc) is 2.59. The SMILES string of the molecule is Cc1ccc(CN)c(N2CCC(C)(C)C2)c1. The van der Waals surface area contributed by atoms with Crippen molar-refractivity contribution in [3.05, 3.63) is 29.3 Å². The highest BCUT2D eigenvalue weighted by atomic mass is 15.2. The van der Waals surface area contributed by atoms with Crippen molar-refractivity contribution in [3.8, 4) is 0 Å². The predicted octanol–water partition coefficient (Wildman–Crippen LogP) is 2.69. The second-order valence-corrected chi connectivity index (χ2v) is 5.67. The molecule has 1 fully saturated rings. The summed E-state index contributed by atoms with van der Waals surface area (Å²) in [4.78, 5) is 2.48. The molecule has 0 aromatic heterocycles. The molecule has 1 heterocycles. The van der Waals surface area contributed by atoms with Crippen LogP contribution in [-0.2, 0) is 6.54 Å². The molecule has 0 saturated carbocycles. The highest BCUT2D eigenvalue weighted by Gasteiger charge is 2.30. The van der Waals surface area contributed by atoms with Crippen LogP contribution in [0.15, 0.2) is 18.2 Å². The summed E-state index contributed by atoms with van der Waals surface area (Å²) in [6.45, 7) is 9.75. The van der Waals surface area contributed by atoms with Crippen molar-refractivity contribution in [1.82, 2.24) is 0 Å². The summed E-state index contributed by atoms with van der Waals surface area (Å²) in [5, 5.41) is 0. The molecule has 16 heavy (non-hydrogen) atoms. The van der Waals surface area contributed by atoms with Crippen LogP contribution in [0.5, 0.6) is 0 Å². The Kier molecular flexibility index (Phi) is 2.94. The van der Waals surface area contributed by atoms with Crippen LogP contribution in [0.3, 0.4) is 0 Å². The largest absolute Gasteiger partial charge is 0.371 e. The Morgan fingerprint density at radius 2 is 2.12 bits per heavy atom. The Bertz CT molecular complexity index is 382. The Labute approximate surface area is 98.4 Å². The van der Waals surface area contributed by atoms with E-state index in [1.54, 1.807) is 0 Å². The Hall–Kier alpha value is -1.02. The smallest absolute Gasteiger partial charge is 0.0414 e. The van der Waals surface area contributed by atoms with E-state index in [9.17, 15) is 0 Å². The summed E-state index contributed by atoms with van der Waals surface area (Å²) in [7, 11) is 0. The van der Waals surface area contributed by atoms with Crippen LogP contribution >= 0.6 is 0 Å². The van der Waals surface area contributed by atoms with Gasteiger partial charge in [0, 0.05) is 25.3 Å². The molecule has 0 unspecified atom stereocenters. The number of hydrogen-bond donors (Lipinski definition) is 1. The van der Waals surface area contributed by atoms with E-state index in [0.717, 1.165) is 13.1 Å². The molecule has 0 radical (unpaired) electrons. The zero-order chi connectivity index (χ0) is 11.8. The fourth-order valence-electron chi connectivity index (χ4n) is 2.46. The molecule has 2 nitrogen and oxygen atoms in total. The molecule has 0 aliphatic carbocycles. The quantitative estimate of drug-likeness (QED) is 0.827. The number of nitrogens with two attached hydrogens (primary N) is 1. The van der Waals surface area contributed by atoms with Crippen molar-refractivity contribution in [1.29, 1.82) is 0 Å². The summed E-state index contributed by atoms with van der Waals surface area (Å²) in [5.41, 5.74) is 10.2. The van der Waals surface area contributed by atoms with Crippen LogP contribution in [0, 0.1) is 12.3 Å². The van der Waals surface area contributed by atoms with E-state index in [2.05, 4.69) is 43.9 Å². The van der Waals surface area contributed by atoms with E-state index < -0.39 is 0 Å². The third kappa shape index (κ3) is 2.22. The molecule has 1 saturated heterocycles. The number of aryl methyl sites for hydroxylation is 1. The average molecular weight is 218 g/mol. The zero-order valence-corrected chi connectivity index (χ0v) is 10.6. The lowest BCUT2D eigenvalue weighted by molar-refractivity contribution is 0.418. The number of benzene rings is 1. The molecule has 1 aromatic carbocycles. The van der Waals surface area contributed by atoms with Gasteiger partial charge in [-0.2, -0.15) is 0 Å². The first-order valence-electron chi connectivity index (χ1n) is 6.06. The van der Waals surface area contributed by atoms with Gasteiger partial charge in [0.05, 0.1) is 0 Å². The number of nitrogens with zero attached hydrogens (tertiary/aromatic N) is 1. The molecule has 0 atom stereocenters. The number of anilines is 1. The predicted molar refractivity (Wildman–Crippen MR) is 69.7 cm³/mol. The first-order chi connectivity index (χ1) is 7.52. The van der Waals surface area contributed by atoms with Crippen LogP contribution < -0.4 is 10.6 Å². The lowest BCUT2D eigenvalue weighted by atomic mass is 9.93. The first-order valence-corrected chi connectivity index (χ1v) is 6.06. The van der Waals surface area contributed by atoms with Gasteiger partial charge < -0.3 is 10.6 Å². The van der Waals surface area contributed by atoms with Crippen molar-refractivity contribution < 1.29 is 0 Å². The monoisotopic (exact) mass is 218 g/mol. The normalized spacial score (nSPS) is 19.1. The highest BCUT2D eigenvalue weighted by Crippen LogP contribution is 2.34. The number of rotatable bonds is 2. The van der Waals surface area contributed by atoms with Crippen molar-refractivity contribution >= 4 is 5.69 Å². The highest BCUT2D eigenvalue weighted by molar-refractivity contribution is 5.56. The molecule has 0 spiro atoms. The summed E-state index contributed by atoms with van der Waals surface area (Å²) < 4.78 is 0. The molecular formula is C14H22N2. The van der Waals surface area contributed by atoms with Gasteiger partial charge in [-0.15, -0.1) is 0 Å². The molecule has 0 bridgehead atoms. The molecule has 1 aromatic rings. The minimum absolute atomic E-state index is 0.440. The standard InChI is InChI=1S/C14H22N2/c1-11-4-5-12(9-15)13(8-11)16-7-6-14(2,3)10-16/h4-5,8H,6-7,9-10,15H2,1-3H3. The minimum Gasteiger partial charge on any atom is -0.371 e. The van der Waals surface area contributed by atoms with E-state index in [1.165, 1.54) is 23.2 Å². The van der Waals surface area contributed by atoms with E-state index in [-0.39, 0.29) is 0 Å². The third-order valence-electron chi connectivity index (χ3n) is 3.48. The molecule has 1 aliphatic heterocycles. The molecule has 2 rings (SSSR count). The van der Waals surface area contributed by atoms with Gasteiger partial charge in [-0.25, -0.2) is 0 Å². The lowest BCUT2D eigenvalue weighted by Crippen LogP contribution is -2.24. The van der Waals surface area contributed by atoms with Gasteiger partial charge in [0.25, 0.3) is 0 Å². The fourth-order valence-corrected chi connectivity index (χ4v) is 2.46. The van der Waals surface area contributed by atoms with Crippen LogP contribution in [0.25, 0.3) is 0 Å². The topological polar surface area (TPSA) is 29.3 Å². The molecular weight excluding hydrogens is 196 g/mol. The number of hydrogen-bond acceptors (Lipinski definition) is 2. The maximum Gasteiger partial charge on any atom is 0.0414 e. The van der Waals surface area contributed by atoms with Crippen molar-refractivity contribution in [3.63, 3.8) is 0 Å². The third-order valence-corrected chi connectivity index (χ3v) is 3.48. The van der Waals surface area contributed by atoms with Gasteiger partial charge in [-0.05, 0) is 36.0 Å². The summed E-state index contributed by atoms with van der Waals surface area (Å²) in [6, 6.07) is 6.58. The molecule has 2 N–H and O–H groups in total. The van der Waals surface area contributed by atoms with E-state index >= 15 is 0 Å². The lowest BCUT2D eigenvalue weighted by Gasteiger charge is -2.24. The van der Waals surface area contributed by atoms with Gasteiger partial charge >= 0.3 is 0 Å². The summed E-state index contributed by atoms with van der Waals surface area (Å²) >= 11 is 0. The van der Waals surface area contributed by atoms with E-state index in [1.807, 2.05) is 0 Å². The maximum absolute atomic E-state index is 5.81. The summed E-state index contributed by atoms with van der Waals surface area (Å²) in [5.74, 6) is 0. The van der Waals surface area contributed by atoms with Gasteiger partial charge in [0.15, 0.2) is 0 Å².